The highest BCUT2D eigenvalue weighted by atomic mass is 16.1. The zero-order valence-corrected chi connectivity index (χ0v) is 19.1. The Bertz CT molecular complexity index is 1440. The average Bonchev–Trinajstić information content (AvgIpc) is 3.26. The van der Waals surface area contributed by atoms with Crippen molar-refractivity contribution in [3.05, 3.63) is 107 Å². The summed E-state index contributed by atoms with van der Waals surface area (Å²) in [5.74, 6) is -0.190. The first kappa shape index (κ1) is 21.5. The van der Waals surface area contributed by atoms with Crippen LogP contribution in [0.3, 0.4) is 0 Å². The molecule has 0 atom stereocenters. The van der Waals surface area contributed by atoms with E-state index in [0.29, 0.717) is 24.3 Å². The Morgan fingerprint density at radius 3 is 2.53 bits per heavy atom. The van der Waals surface area contributed by atoms with Crippen LogP contribution in [0.5, 0.6) is 0 Å². The Labute approximate surface area is 197 Å². The molecule has 5 rings (SSSR count). The van der Waals surface area contributed by atoms with Crippen LogP contribution in [0.15, 0.2) is 79.1 Å². The smallest absolute Gasteiger partial charge is 0.251 e. The van der Waals surface area contributed by atoms with Gasteiger partial charge in [0.1, 0.15) is 0 Å². The van der Waals surface area contributed by atoms with Gasteiger partial charge in [-0.2, -0.15) is 15.3 Å². The highest BCUT2D eigenvalue weighted by Gasteiger charge is 2.16. The fourth-order valence-corrected chi connectivity index (χ4v) is 3.82. The van der Waals surface area contributed by atoms with Crippen molar-refractivity contribution in [2.24, 2.45) is 0 Å². The second kappa shape index (κ2) is 9.23. The topological polar surface area (TPSA) is 85.6 Å². The van der Waals surface area contributed by atoms with Gasteiger partial charge in [0.15, 0.2) is 0 Å². The molecule has 0 radical (unpaired) electrons. The molecule has 0 aliphatic rings. The number of nitrogens with one attached hydrogen (secondary N) is 1. The number of nitrogens with zero attached hydrogens (tertiary/aromatic N) is 5. The molecule has 0 aliphatic heterocycles. The predicted molar refractivity (Wildman–Crippen MR) is 131 cm³/mol. The standard InChI is InChI=1S/C27H24N6O/c1-18-8-11-25(28-14-18)23-12-21(27(34)29-15-22-10-9-19(2)31-32-22)13-26-24(23)16-30-33(26)17-20-6-4-3-5-7-20/h3-14,16H,15,17H2,1-2H3,(H,29,34). The summed E-state index contributed by atoms with van der Waals surface area (Å²) in [5.41, 5.74) is 6.84. The van der Waals surface area contributed by atoms with Gasteiger partial charge < -0.3 is 5.32 Å². The molecule has 0 unspecified atom stereocenters. The van der Waals surface area contributed by atoms with Crippen LogP contribution in [0.2, 0.25) is 0 Å². The van der Waals surface area contributed by atoms with Gasteiger partial charge in [-0.3, -0.25) is 14.5 Å². The number of aromatic nitrogens is 5. The van der Waals surface area contributed by atoms with Gasteiger partial charge in [0.05, 0.1) is 41.9 Å². The lowest BCUT2D eigenvalue weighted by molar-refractivity contribution is 0.0950. The van der Waals surface area contributed by atoms with E-state index in [-0.39, 0.29) is 5.91 Å². The maximum atomic E-state index is 13.1. The molecular weight excluding hydrogens is 424 g/mol. The molecule has 0 fully saturated rings. The third-order valence-electron chi connectivity index (χ3n) is 5.67. The lowest BCUT2D eigenvalue weighted by Gasteiger charge is -2.10. The van der Waals surface area contributed by atoms with E-state index >= 15 is 0 Å². The van der Waals surface area contributed by atoms with E-state index in [4.69, 9.17) is 0 Å². The van der Waals surface area contributed by atoms with E-state index in [1.807, 2.05) is 85.5 Å². The fourth-order valence-electron chi connectivity index (χ4n) is 3.82. The number of benzene rings is 2. The van der Waals surface area contributed by atoms with Crippen molar-refractivity contribution < 1.29 is 4.79 Å². The molecule has 1 N–H and O–H groups in total. The molecule has 0 aliphatic carbocycles. The minimum Gasteiger partial charge on any atom is -0.346 e. The van der Waals surface area contributed by atoms with Crippen molar-refractivity contribution in [3.8, 4) is 11.3 Å². The Kier molecular flexibility index (Phi) is 5.82. The van der Waals surface area contributed by atoms with Crippen LogP contribution >= 0.6 is 0 Å². The zero-order chi connectivity index (χ0) is 23.5. The molecule has 7 heteroatoms. The molecular formula is C27H24N6O. The minimum absolute atomic E-state index is 0.190. The van der Waals surface area contributed by atoms with E-state index < -0.39 is 0 Å². The number of rotatable bonds is 6. The Morgan fingerprint density at radius 2 is 1.79 bits per heavy atom. The number of carbonyl (C=O) groups excluding carboxylic acids is 1. The summed E-state index contributed by atoms with van der Waals surface area (Å²) < 4.78 is 1.92. The Morgan fingerprint density at radius 1 is 0.941 bits per heavy atom. The molecule has 7 nitrogen and oxygen atoms in total. The molecule has 1 amide bonds. The van der Waals surface area contributed by atoms with E-state index in [2.05, 4.69) is 37.7 Å². The van der Waals surface area contributed by atoms with Crippen molar-refractivity contribution in [3.63, 3.8) is 0 Å². The molecule has 3 heterocycles. The number of hydrogen-bond donors (Lipinski definition) is 1. The quantitative estimate of drug-likeness (QED) is 0.414. The first-order valence-electron chi connectivity index (χ1n) is 11.1. The number of amides is 1. The van der Waals surface area contributed by atoms with Gasteiger partial charge >= 0.3 is 0 Å². The second-order valence-electron chi connectivity index (χ2n) is 8.31. The Hall–Kier alpha value is -4.39. The van der Waals surface area contributed by atoms with Gasteiger partial charge in [-0.25, -0.2) is 0 Å². The van der Waals surface area contributed by atoms with E-state index in [1.54, 1.807) is 0 Å². The monoisotopic (exact) mass is 448 g/mol. The largest absolute Gasteiger partial charge is 0.346 e. The van der Waals surface area contributed by atoms with Gasteiger partial charge in [0, 0.05) is 22.7 Å². The molecule has 34 heavy (non-hydrogen) atoms. The van der Waals surface area contributed by atoms with Crippen molar-refractivity contribution in [2.75, 3.05) is 0 Å². The summed E-state index contributed by atoms with van der Waals surface area (Å²) in [5, 5.41) is 16.7. The summed E-state index contributed by atoms with van der Waals surface area (Å²) in [6, 6.07) is 21.6. The first-order chi connectivity index (χ1) is 16.6. The lowest BCUT2D eigenvalue weighted by atomic mass is 10.0. The second-order valence-corrected chi connectivity index (χ2v) is 8.31. The van der Waals surface area contributed by atoms with Gasteiger partial charge in [-0.1, -0.05) is 36.4 Å². The lowest BCUT2D eigenvalue weighted by Crippen LogP contribution is -2.23. The fraction of sp³-hybridized carbons (Fsp3) is 0.148. The van der Waals surface area contributed by atoms with Gasteiger partial charge in [-0.05, 0) is 55.3 Å². The van der Waals surface area contributed by atoms with Crippen LogP contribution in [-0.4, -0.2) is 30.9 Å². The molecule has 5 aromatic rings. The van der Waals surface area contributed by atoms with Crippen molar-refractivity contribution in [1.82, 2.24) is 30.3 Å². The molecule has 168 valence electrons. The predicted octanol–water partition coefficient (Wildman–Crippen LogP) is 4.48. The summed E-state index contributed by atoms with van der Waals surface area (Å²) in [4.78, 5) is 17.8. The van der Waals surface area contributed by atoms with E-state index in [1.165, 1.54) is 0 Å². The van der Waals surface area contributed by atoms with E-state index in [9.17, 15) is 4.79 Å². The van der Waals surface area contributed by atoms with Crippen molar-refractivity contribution >= 4 is 16.8 Å². The number of aryl methyl sites for hydroxylation is 2. The molecule has 3 aromatic heterocycles. The van der Waals surface area contributed by atoms with Crippen LogP contribution < -0.4 is 5.32 Å². The minimum atomic E-state index is -0.190. The molecule has 0 saturated heterocycles. The van der Waals surface area contributed by atoms with Gasteiger partial charge in [-0.15, -0.1) is 0 Å². The normalized spacial score (nSPS) is 11.0. The van der Waals surface area contributed by atoms with Crippen LogP contribution in [0.4, 0.5) is 0 Å². The molecule has 0 spiro atoms. The van der Waals surface area contributed by atoms with Crippen molar-refractivity contribution in [2.45, 2.75) is 26.9 Å². The maximum absolute atomic E-state index is 13.1. The highest BCUT2D eigenvalue weighted by Crippen LogP contribution is 2.30. The van der Waals surface area contributed by atoms with Crippen LogP contribution in [0, 0.1) is 13.8 Å². The van der Waals surface area contributed by atoms with Crippen LogP contribution in [0.25, 0.3) is 22.2 Å². The third-order valence-corrected chi connectivity index (χ3v) is 5.67. The van der Waals surface area contributed by atoms with Crippen molar-refractivity contribution in [1.29, 1.82) is 0 Å². The Balaban J connectivity index is 1.53. The summed E-state index contributed by atoms with van der Waals surface area (Å²) >= 11 is 0. The van der Waals surface area contributed by atoms with E-state index in [0.717, 1.165) is 39.0 Å². The molecule has 0 bridgehead atoms. The number of fused-ring (bicyclic) bond motifs is 1. The summed E-state index contributed by atoms with van der Waals surface area (Å²) in [6.45, 7) is 4.78. The third kappa shape index (κ3) is 4.54. The average molecular weight is 449 g/mol. The first-order valence-corrected chi connectivity index (χ1v) is 11.1. The number of pyridine rings is 1. The van der Waals surface area contributed by atoms with Gasteiger partial charge in [0.25, 0.3) is 5.91 Å². The SMILES string of the molecule is Cc1ccc(-c2cc(C(=O)NCc3ccc(C)nn3)cc3c2cnn3Cc2ccccc2)nc1. The zero-order valence-electron chi connectivity index (χ0n) is 19.1. The van der Waals surface area contributed by atoms with Crippen LogP contribution in [-0.2, 0) is 13.1 Å². The summed E-state index contributed by atoms with van der Waals surface area (Å²) in [7, 11) is 0. The molecule has 0 saturated carbocycles. The van der Waals surface area contributed by atoms with Crippen LogP contribution in [0.1, 0.15) is 32.9 Å². The number of hydrogen-bond acceptors (Lipinski definition) is 5. The number of carbonyl (C=O) groups is 1. The van der Waals surface area contributed by atoms with Gasteiger partial charge in [0.2, 0.25) is 0 Å². The highest BCUT2D eigenvalue weighted by molar-refractivity contribution is 6.03. The maximum Gasteiger partial charge on any atom is 0.251 e. The summed E-state index contributed by atoms with van der Waals surface area (Å²) in [6.07, 6.45) is 3.68. The molecule has 2 aromatic carbocycles.